The van der Waals surface area contributed by atoms with Crippen molar-refractivity contribution in [3.63, 3.8) is 0 Å². The third-order valence-corrected chi connectivity index (χ3v) is 4.01. The maximum Gasteiger partial charge on any atom is 0.0593 e. The van der Waals surface area contributed by atoms with Gasteiger partial charge in [0.25, 0.3) is 0 Å². The predicted octanol–water partition coefficient (Wildman–Crippen LogP) is 1.21. The van der Waals surface area contributed by atoms with Crippen molar-refractivity contribution in [3.05, 3.63) is 0 Å². The molecular weight excluding hydrogens is 228 g/mol. The Morgan fingerprint density at radius 3 is 2.44 bits per heavy atom. The molecular formula is C14H28N2O2. The van der Waals surface area contributed by atoms with Crippen molar-refractivity contribution >= 4 is 0 Å². The maximum atomic E-state index is 5.68. The molecule has 0 radical (unpaired) electrons. The predicted molar refractivity (Wildman–Crippen MR) is 73.0 cm³/mol. The van der Waals surface area contributed by atoms with Gasteiger partial charge in [0.1, 0.15) is 0 Å². The molecule has 2 rings (SSSR count). The SMILES string of the molecule is CCOCCN1CCN(CC[C@H]2CCCO2)CC1. The summed E-state index contributed by atoms with van der Waals surface area (Å²) in [5.41, 5.74) is 0. The van der Waals surface area contributed by atoms with E-state index in [1.807, 2.05) is 0 Å². The van der Waals surface area contributed by atoms with Crippen LogP contribution in [0.1, 0.15) is 26.2 Å². The minimum Gasteiger partial charge on any atom is -0.380 e. The summed E-state index contributed by atoms with van der Waals surface area (Å²) in [4.78, 5) is 5.09. The van der Waals surface area contributed by atoms with Gasteiger partial charge in [-0.25, -0.2) is 0 Å². The first-order valence-corrected chi connectivity index (χ1v) is 7.52. The molecule has 0 aromatic rings. The van der Waals surface area contributed by atoms with Crippen LogP contribution in [0.15, 0.2) is 0 Å². The Hall–Kier alpha value is -0.160. The number of nitrogens with zero attached hydrogens (tertiary/aromatic N) is 2. The fourth-order valence-corrected chi connectivity index (χ4v) is 2.77. The molecule has 4 nitrogen and oxygen atoms in total. The highest BCUT2D eigenvalue weighted by molar-refractivity contribution is 4.74. The molecule has 2 heterocycles. The lowest BCUT2D eigenvalue weighted by Crippen LogP contribution is -2.47. The number of hydrogen-bond donors (Lipinski definition) is 0. The van der Waals surface area contributed by atoms with Crippen molar-refractivity contribution in [3.8, 4) is 0 Å². The minimum absolute atomic E-state index is 0.543. The van der Waals surface area contributed by atoms with Crippen molar-refractivity contribution in [1.29, 1.82) is 0 Å². The van der Waals surface area contributed by atoms with Crippen LogP contribution in [0, 0.1) is 0 Å². The zero-order valence-corrected chi connectivity index (χ0v) is 11.8. The summed E-state index contributed by atoms with van der Waals surface area (Å²) in [6.45, 7) is 11.9. The Labute approximate surface area is 111 Å². The highest BCUT2D eigenvalue weighted by Gasteiger charge is 2.19. The summed E-state index contributed by atoms with van der Waals surface area (Å²) in [5.74, 6) is 0. The zero-order chi connectivity index (χ0) is 12.6. The standard InChI is InChI=1S/C14H28N2O2/c1-2-17-13-11-16-9-7-15(8-10-16)6-5-14-4-3-12-18-14/h14H,2-13H2,1H3/t14-/m1/s1. The largest absolute Gasteiger partial charge is 0.380 e. The van der Waals surface area contributed by atoms with Crippen LogP contribution in [0.25, 0.3) is 0 Å². The number of piperazine rings is 1. The van der Waals surface area contributed by atoms with Crippen LogP contribution in [0.3, 0.4) is 0 Å². The summed E-state index contributed by atoms with van der Waals surface area (Å²) < 4.78 is 11.1. The van der Waals surface area contributed by atoms with Crippen LogP contribution in [0.5, 0.6) is 0 Å². The van der Waals surface area contributed by atoms with Gasteiger partial charge >= 0.3 is 0 Å². The molecule has 0 bridgehead atoms. The minimum atomic E-state index is 0.543. The molecule has 2 saturated heterocycles. The van der Waals surface area contributed by atoms with E-state index >= 15 is 0 Å². The lowest BCUT2D eigenvalue weighted by atomic mass is 10.1. The molecule has 0 unspecified atom stereocenters. The lowest BCUT2D eigenvalue weighted by molar-refractivity contribution is 0.0639. The molecule has 2 aliphatic heterocycles. The van der Waals surface area contributed by atoms with Crippen molar-refractivity contribution in [2.45, 2.75) is 32.3 Å². The summed E-state index contributed by atoms with van der Waals surface area (Å²) in [7, 11) is 0. The zero-order valence-electron chi connectivity index (χ0n) is 11.8. The van der Waals surface area contributed by atoms with Gasteiger partial charge in [0.2, 0.25) is 0 Å². The molecule has 106 valence electrons. The highest BCUT2D eigenvalue weighted by atomic mass is 16.5. The van der Waals surface area contributed by atoms with E-state index in [2.05, 4.69) is 16.7 Å². The molecule has 18 heavy (non-hydrogen) atoms. The van der Waals surface area contributed by atoms with Crippen LogP contribution in [-0.2, 0) is 9.47 Å². The van der Waals surface area contributed by atoms with Gasteiger partial charge in [-0.05, 0) is 26.2 Å². The Morgan fingerprint density at radius 2 is 1.83 bits per heavy atom. The molecule has 1 atom stereocenters. The normalized spacial score (nSPS) is 26.8. The second-order valence-corrected chi connectivity index (χ2v) is 5.30. The Balaban J connectivity index is 1.52. The molecule has 2 fully saturated rings. The van der Waals surface area contributed by atoms with Gasteiger partial charge in [-0.3, -0.25) is 4.90 Å². The molecule has 0 saturated carbocycles. The monoisotopic (exact) mass is 256 g/mol. The second-order valence-electron chi connectivity index (χ2n) is 5.30. The molecule has 0 aliphatic carbocycles. The van der Waals surface area contributed by atoms with Gasteiger partial charge in [-0.15, -0.1) is 0 Å². The first kappa shape index (κ1) is 14.3. The molecule has 0 aromatic carbocycles. The van der Waals surface area contributed by atoms with Crippen molar-refractivity contribution < 1.29 is 9.47 Å². The van der Waals surface area contributed by atoms with E-state index in [1.54, 1.807) is 0 Å². The number of ether oxygens (including phenoxy) is 2. The molecule has 2 aliphatic rings. The van der Waals surface area contributed by atoms with Gasteiger partial charge in [0, 0.05) is 52.5 Å². The molecule has 0 spiro atoms. The van der Waals surface area contributed by atoms with Crippen LogP contribution in [0.2, 0.25) is 0 Å². The summed E-state index contributed by atoms with van der Waals surface area (Å²) >= 11 is 0. The van der Waals surface area contributed by atoms with E-state index in [-0.39, 0.29) is 0 Å². The third-order valence-electron chi connectivity index (χ3n) is 4.01. The first-order valence-electron chi connectivity index (χ1n) is 7.52. The van der Waals surface area contributed by atoms with Gasteiger partial charge in [0.15, 0.2) is 0 Å². The fraction of sp³-hybridized carbons (Fsp3) is 1.00. The van der Waals surface area contributed by atoms with Crippen LogP contribution < -0.4 is 0 Å². The molecule has 0 N–H and O–H groups in total. The summed E-state index contributed by atoms with van der Waals surface area (Å²) in [6, 6.07) is 0. The summed E-state index contributed by atoms with van der Waals surface area (Å²) in [6.07, 6.45) is 4.30. The van der Waals surface area contributed by atoms with Crippen molar-refractivity contribution in [1.82, 2.24) is 9.80 Å². The topological polar surface area (TPSA) is 24.9 Å². The van der Waals surface area contributed by atoms with E-state index in [9.17, 15) is 0 Å². The van der Waals surface area contributed by atoms with Crippen LogP contribution in [-0.4, -0.2) is 75.0 Å². The smallest absolute Gasteiger partial charge is 0.0593 e. The van der Waals surface area contributed by atoms with Crippen molar-refractivity contribution in [2.75, 3.05) is 59.1 Å². The second kappa shape index (κ2) is 8.10. The Kier molecular flexibility index (Phi) is 6.41. The first-order chi connectivity index (χ1) is 8.88. The fourth-order valence-electron chi connectivity index (χ4n) is 2.77. The number of rotatable bonds is 7. The Bertz CT molecular complexity index is 212. The Morgan fingerprint density at radius 1 is 1.11 bits per heavy atom. The van der Waals surface area contributed by atoms with Crippen LogP contribution in [0.4, 0.5) is 0 Å². The quantitative estimate of drug-likeness (QED) is 0.639. The van der Waals surface area contributed by atoms with Gasteiger partial charge in [0.05, 0.1) is 12.7 Å². The maximum absolute atomic E-state index is 5.68. The van der Waals surface area contributed by atoms with Gasteiger partial charge < -0.3 is 14.4 Å². The van der Waals surface area contributed by atoms with Gasteiger partial charge in [-0.1, -0.05) is 0 Å². The van der Waals surface area contributed by atoms with Crippen LogP contribution >= 0.6 is 0 Å². The van der Waals surface area contributed by atoms with Crippen molar-refractivity contribution in [2.24, 2.45) is 0 Å². The van der Waals surface area contributed by atoms with E-state index in [4.69, 9.17) is 9.47 Å². The molecule has 0 amide bonds. The average Bonchev–Trinajstić information content (AvgIpc) is 2.91. The van der Waals surface area contributed by atoms with E-state index in [1.165, 1.54) is 52.0 Å². The molecule has 0 aromatic heterocycles. The highest BCUT2D eigenvalue weighted by Crippen LogP contribution is 2.16. The van der Waals surface area contributed by atoms with E-state index < -0.39 is 0 Å². The third kappa shape index (κ3) is 4.84. The van der Waals surface area contributed by atoms with E-state index in [0.717, 1.165) is 26.4 Å². The average molecular weight is 256 g/mol. The molecule has 4 heteroatoms. The van der Waals surface area contributed by atoms with E-state index in [0.29, 0.717) is 6.10 Å². The number of hydrogen-bond acceptors (Lipinski definition) is 4. The van der Waals surface area contributed by atoms with Gasteiger partial charge in [-0.2, -0.15) is 0 Å². The lowest BCUT2D eigenvalue weighted by Gasteiger charge is -2.34. The summed E-state index contributed by atoms with van der Waals surface area (Å²) in [5, 5.41) is 0.